The number of fused-ring (bicyclic) bond motifs is 1. The van der Waals surface area contributed by atoms with Gasteiger partial charge in [0.2, 0.25) is 4.77 Å². The first-order chi connectivity index (χ1) is 15.6. The fourth-order valence-corrected chi connectivity index (χ4v) is 4.98. The lowest BCUT2D eigenvalue weighted by Crippen LogP contribution is -3.17. The Hall–Kier alpha value is -2.68. The molecule has 0 radical (unpaired) electrons. The minimum absolute atomic E-state index is 0.333. The van der Waals surface area contributed by atoms with Crippen LogP contribution in [0.25, 0.3) is 5.69 Å². The Morgan fingerprint density at radius 1 is 1.06 bits per heavy atom. The molecule has 1 aromatic heterocycles. The lowest BCUT2D eigenvalue weighted by atomic mass is 10.0. The lowest BCUT2D eigenvalue weighted by Gasteiger charge is -2.30. The summed E-state index contributed by atoms with van der Waals surface area (Å²) in [5.74, 6) is 2.28. The summed E-state index contributed by atoms with van der Waals surface area (Å²) in [6, 6.07) is 18.5. The first kappa shape index (κ1) is 21.2. The van der Waals surface area contributed by atoms with Crippen LogP contribution in [0.5, 0.6) is 11.5 Å². The zero-order valence-electron chi connectivity index (χ0n) is 18.7. The number of nitrogens with one attached hydrogen (secondary N) is 2. The van der Waals surface area contributed by atoms with Crippen LogP contribution in [0.3, 0.4) is 0 Å². The largest absolute Gasteiger partial charge is 0.485 e. The smallest absolute Gasteiger partial charge is 0.207 e. The Balaban J connectivity index is 1.47. The number of rotatable bonds is 5. The first-order valence-electron chi connectivity index (χ1n) is 11.4. The molecule has 1 fully saturated rings. The summed E-state index contributed by atoms with van der Waals surface area (Å²) in [5.41, 5.74) is 0.988. The quantitative estimate of drug-likeness (QED) is 0.568. The number of hydrogen-bond donors (Lipinski definition) is 2. The number of ether oxygens (including phenoxy) is 2. The van der Waals surface area contributed by atoms with Crippen LogP contribution >= 0.6 is 12.2 Å². The zero-order valence-corrected chi connectivity index (χ0v) is 19.5. The molecule has 7 nitrogen and oxygen atoms in total. The van der Waals surface area contributed by atoms with E-state index in [1.807, 2.05) is 51.7 Å². The molecule has 1 unspecified atom stereocenters. The molecule has 168 valence electrons. The predicted octanol–water partition coefficient (Wildman–Crippen LogP) is 1.07. The molecule has 0 bridgehead atoms. The van der Waals surface area contributed by atoms with Crippen LogP contribution in [0, 0.1) is 4.77 Å². The molecular formula is C24H31N5O2S+2. The second-order valence-corrected chi connectivity index (χ2v) is 9.28. The Labute approximate surface area is 193 Å². The standard InChI is InChI=1S/C24H29N5O2S/c1-26-14-12-18(13-15-26)27(2)17-28-24(32)29(19-8-4-3-5-9-19)23(25-28)22-16-30-20-10-6-7-11-21(20)31-22/h3-11,18,22H,12-17H2,1-2H3/p+2/t22-/m1/s1. The molecule has 2 atom stereocenters. The topological polar surface area (TPSA) is 50.1 Å². The maximum atomic E-state index is 6.30. The van der Waals surface area contributed by atoms with E-state index in [0.29, 0.717) is 17.4 Å². The van der Waals surface area contributed by atoms with Gasteiger partial charge in [0.05, 0.1) is 33.2 Å². The second kappa shape index (κ2) is 9.05. The van der Waals surface area contributed by atoms with Gasteiger partial charge in [-0.05, 0) is 36.5 Å². The van der Waals surface area contributed by atoms with Crippen molar-refractivity contribution >= 4 is 12.2 Å². The number of likely N-dealkylation sites (tertiary alicyclic amines) is 1. The molecule has 0 saturated carbocycles. The van der Waals surface area contributed by atoms with Gasteiger partial charge in [0.15, 0.2) is 30.1 Å². The average molecular weight is 454 g/mol. The van der Waals surface area contributed by atoms with Crippen molar-refractivity contribution in [2.75, 3.05) is 33.8 Å². The first-order valence-corrected chi connectivity index (χ1v) is 11.8. The van der Waals surface area contributed by atoms with E-state index in [2.05, 4.69) is 26.2 Å². The van der Waals surface area contributed by atoms with E-state index in [1.165, 1.54) is 30.8 Å². The van der Waals surface area contributed by atoms with Gasteiger partial charge in [-0.2, -0.15) is 4.68 Å². The molecule has 2 aliphatic rings. The summed E-state index contributed by atoms with van der Waals surface area (Å²) in [6.07, 6.45) is 2.13. The van der Waals surface area contributed by atoms with E-state index in [0.717, 1.165) is 29.7 Å². The van der Waals surface area contributed by atoms with Crippen LogP contribution in [0.1, 0.15) is 24.8 Å². The summed E-state index contributed by atoms with van der Waals surface area (Å²) in [5, 5.41) is 4.98. The molecule has 3 heterocycles. The molecule has 2 N–H and O–H groups in total. The van der Waals surface area contributed by atoms with E-state index in [1.54, 1.807) is 4.90 Å². The average Bonchev–Trinajstić information content (AvgIpc) is 3.15. The van der Waals surface area contributed by atoms with Crippen LogP contribution < -0.4 is 19.3 Å². The molecule has 1 saturated heterocycles. The van der Waals surface area contributed by atoms with Gasteiger partial charge in [-0.1, -0.05) is 30.3 Å². The normalized spacial score (nSPS) is 23.6. The van der Waals surface area contributed by atoms with Gasteiger partial charge < -0.3 is 19.3 Å². The minimum Gasteiger partial charge on any atom is -0.485 e. The third-order valence-corrected chi connectivity index (χ3v) is 7.00. The van der Waals surface area contributed by atoms with E-state index in [9.17, 15) is 0 Å². The van der Waals surface area contributed by atoms with Crippen LogP contribution in [-0.2, 0) is 6.67 Å². The molecule has 0 aliphatic carbocycles. The van der Waals surface area contributed by atoms with Crippen LogP contribution in [-0.4, -0.2) is 54.2 Å². The molecule has 3 aromatic rings. The summed E-state index contributed by atoms with van der Waals surface area (Å²) in [6.45, 7) is 3.59. The number of piperidine rings is 1. The highest BCUT2D eigenvalue weighted by molar-refractivity contribution is 7.71. The van der Waals surface area contributed by atoms with Crippen molar-refractivity contribution in [3.05, 3.63) is 65.2 Å². The summed E-state index contributed by atoms with van der Waals surface area (Å²) in [7, 11) is 4.53. The third-order valence-electron chi connectivity index (χ3n) is 6.61. The molecule has 0 spiro atoms. The second-order valence-electron chi connectivity index (χ2n) is 8.91. The van der Waals surface area contributed by atoms with Crippen LogP contribution in [0.15, 0.2) is 54.6 Å². The molecule has 2 aliphatic heterocycles. The lowest BCUT2D eigenvalue weighted by molar-refractivity contribution is -0.954. The van der Waals surface area contributed by atoms with E-state index in [-0.39, 0.29) is 6.10 Å². The van der Waals surface area contributed by atoms with Crippen molar-refractivity contribution in [2.45, 2.75) is 31.7 Å². The predicted molar refractivity (Wildman–Crippen MR) is 124 cm³/mol. The Kier molecular flexibility index (Phi) is 5.99. The third kappa shape index (κ3) is 4.18. The number of quaternary nitrogens is 2. The van der Waals surface area contributed by atoms with E-state index in [4.69, 9.17) is 26.8 Å². The van der Waals surface area contributed by atoms with E-state index >= 15 is 0 Å². The van der Waals surface area contributed by atoms with Gasteiger partial charge in [-0.25, -0.2) is 0 Å². The number of para-hydroxylation sites is 3. The van der Waals surface area contributed by atoms with Gasteiger partial charge in [-0.15, -0.1) is 5.10 Å². The molecule has 32 heavy (non-hydrogen) atoms. The SMILES string of the molecule is C[NH+]1CCC([NH+](C)Cn2nc([C@H]3COc4ccccc4O3)n(-c3ccccc3)c2=S)CC1. The maximum Gasteiger partial charge on any atom is 0.207 e. The number of benzene rings is 2. The van der Waals surface area contributed by atoms with Gasteiger partial charge in [0.1, 0.15) is 6.61 Å². The minimum atomic E-state index is -0.333. The summed E-state index contributed by atoms with van der Waals surface area (Å²) < 4.78 is 17.0. The van der Waals surface area contributed by atoms with Crippen LogP contribution in [0.4, 0.5) is 0 Å². The maximum absolute atomic E-state index is 6.30. The van der Waals surface area contributed by atoms with Gasteiger partial charge in [0, 0.05) is 18.5 Å². The summed E-state index contributed by atoms with van der Waals surface area (Å²) in [4.78, 5) is 3.07. The van der Waals surface area contributed by atoms with Crippen molar-refractivity contribution in [2.24, 2.45) is 0 Å². The van der Waals surface area contributed by atoms with Crippen molar-refractivity contribution in [3.63, 3.8) is 0 Å². The fourth-order valence-electron chi connectivity index (χ4n) is 4.67. The van der Waals surface area contributed by atoms with Gasteiger partial charge >= 0.3 is 0 Å². The molecule has 5 rings (SSSR count). The molecule has 8 heteroatoms. The monoisotopic (exact) mass is 453 g/mol. The highest BCUT2D eigenvalue weighted by atomic mass is 32.1. The highest BCUT2D eigenvalue weighted by Crippen LogP contribution is 2.36. The number of nitrogens with zero attached hydrogens (tertiary/aromatic N) is 3. The Morgan fingerprint density at radius 2 is 1.75 bits per heavy atom. The number of hydrogen-bond acceptors (Lipinski definition) is 4. The van der Waals surface area contributed by atoms with Crippen molar-refractivity contribution in [1.29, 1.82) is 0 Å². The highest BCUT2D eigenvalue weighted by Gasteiger charge is 2.31. The number of aromatic nitrogens is 3. The molecular weight excluding hydrogens is 422 g/mol. The Morgan fingerprint density at radius 3 is 2.50 bits per heavy atom. The summed E-state index contributed by atoms with van der Waals surface area (Å²) >= 11 is 5.93. The van der Waals surface area contributed by atoms with Crippen molar-refractivity contribution < 1.29 is 19.3 Å². The fraction of sp³-hybridized carbons (Fsp3) is 0.417. The zero-order chi connectivity index (χ0) is 22.1. The molecule has 2 aromatic carbocycles. The van der Waals surface area contributed by atoms with Crippen molar-refractivity contribution in [1.82, 2.24) is 14.3 Å². The van der Waals surface area contributed by atoms with Crippen molar-refractivity contribution in [3.8, 4) is 17.2 Å². The Bertz CT molecular complexity index is 1120. The van der Waals surface area contributed by atoms with Gasteiger partial charge in [-0.3, -0.25) is 4.57 Å². The van der Waals surface area contributed by atoms with Crippen LogP contribution in [0.2, 0.25) is 0 Å². The van der Waals surface area contributed by atoms with E-state index < -0.39 is 0 Å². The van der Waals surface area contributed by atoms with Gasteiger partial charge in [0.25, 0.3) is 0 Å². The molecule has 0 amide bonds.